The molecule has 0 saturated carbocycles. The molecule has 1 aromatic carbocycles. The number of amides is 1. The number of nitrogens with zero attached hydrogens (tertiary/aromatic N) is 1. The Balaban J connectivity index is 1.97. The van der Waals surface area contributed by atoms with E-state index >= 15 is 0 Å². The largest absolute Gasteiger partial charge is 0.496 e. The van der Waals surface area contributed by atoms with Gasteiger partial charge in [0.25, 0.3) is 5.91 Å². The molecule has 1 N–H and O–H groups in total. The summed E-state index contributed by atoms with van der Waals surface area (Å²) in [5.74, 6) is 1.10. The third kappa shape index (κ3) is 5.21. The van der Waals surface area contributed by atoms with E-state index in [4.69, 9.17) is 9.47 Å². The molecule has 0 aliphatic carbocycles. The molecule has 1 amide bonds. The number of carbonyl (C=O) groups excluding carboxylic acids is 1. The number of pyridine rings is 1. The molecule has 134 valence electrons. The monoisotopic (exact) mass is 342 g/mol. The summed E-state index contributed by atoms with van der Waals surface area (Å²) in [4.78, 5) is 16.5. The summed E-state index contributed by atoms with van der Waals surface area (Å²) in [5, 5.41) is 2.99. The smallest absolute Gasteiger partial charge is 0.253 e. The van der Waals surface area contributed by atoms with E-state index in [1.165, 1.54) is 6.20 Å². The highest BCUT2D eigenvalue weighted by molar-refractivity contribution is 5.94. The van der Waals surface area contributed by atoms with Crippen molar-refractivity contribution < 1.29 is 14.3 Å². The van der Waals surface area contributed by atoms with Crippen LogP contribution >= 0.6 is 0 Å². The van der Waals surface area contributed by atoms with E-state index in [2.05, 4.69) is 31.1 Å². The number of hydrogen-bond donors (Lipinski definition) is 1. The summed E-state index contributed by atoms with van der Waals surface area (Å²) < 4.78 is 11.0. The van der Waals surface area contributed by atoms with Gasteiger partial charge in [0.15, 0.2) is 0 Å². The number of carbonyl (C=O) groups is 1. The Bertz CT molecular complexity index is 706. The molecule has 1 heterocycles. The number of aromatic nitrogens is 1. The number of benzene rings is 1. The van der Waals surface area contributed by atoms with E-state index in [1.807, 2.05) is 31.2 Å². The second-order valence-corrected chi connectivity index (χ2v) is 7.05. The van der Waals surface area contributed by atoms with Crippen LogP contribution in [-0.2, 0) is 6.61 Å². The molecule has 5 heteroatoms. The summed E-state index contributed by atoms with van der Waals surface area (Å²) in [6.45, 7) is 8.61. The minimum Gasteiger partial charge on any atom is -0.496 e. The molecule has 0 aliphatic heterocycles. The van der Waals surface area contributed by atoms with Crippen molar-refractivity contribution in [1.82, 2.24) is 10.3 Å². The molecule has 0 radical (unpaired) electrons. The van der Waals surface area contributed by atoms with Gasteiger partial charge in [0, 0.05) is 23.9 Å². The van der Waals surface area contributed by atoms with Crippen molar-refractivity contribution in [1.29, 1.82) is 0 Å². The van der Waals surface area contributed by atoms with Gasteiger partial charge in [-0.2, -0.15) is 0 Å². The lowest BCUT2D eigenvalue weighted by molar-refractivity contribution is 0.0909. The number of ether oxygens (including phenoxy) is 2. The minimum atomic E-state index is -0.133. The minimum absolute atomic E-state index is 0.000873. The lowest BCUT2D eigenvalue weighted by atomic mass is 9.88. The maximum atomic E-state index is 12.3. The number of para-hydroxylation sites is 1. The van der Waals surface area contributed by atoms with Crippen LogP contribution in [0.25, 0.3) is 0 Å². The first-order valence-corrected chi connectivity index (χ1v) is 8.33. The van der Waals surface area contributed by atoms with E-state index < -0.39 is 0 Å². The maximum Gasteiger partial charge on any atom is 0.253 e. The van der Waals surface area contributed by atoms with E-state index in [9.17, 15) is 4.79 Å². The zero-order valence-corrected chi connectivity index (χ0v) is 15.5. The zero-order valence-electron chi connectivity index (χ0n) is 15.5. The molecular formula is C20H26N2O3. The standard InChI is InChI=1S/C20H26N2O3/c1-14(20(2,3)4)22-19(23)15-10-11-18(21-12-15)25-13-16-8-6-7-9-17(16)24-5/h6-12,14H,13H2,1-5H3,(H,22,23)/t14-/m1/s1. The Morgan fingerprint density at radius 2 is 1.92 bits per heavy atom. The van der Waals surface area contributed by atoms with Gasteiger partial charge in [0.1, 0.15) is 12.4 Å². The van der Waals surface area contributed by atoms with E-state index in [0.29, 0.717) is 18.1 Å². The Morgan fingerprint density at radius 1 is 1.20 bits per heavy atom. The van der Waals surface area contributed by atoms with Crippen LogP contribution in [0.15, 0.2) is 42.6 Å². The topological polar surface area (TPSA) is 60.5 Å². The highest BCUT2D eigenvalue weighted by Crippen LogP contribution is 2.20. The predicted molar refractivity (Wildman–Crippen MR) is 97.9 cm³/mol. The first kappa shape index (κ1) is 18.8. The quantitative estimate of drug-likeness (QED) is 0.866. The maximum absolute atomic E-state index is 12.3. The van der Waals surface area contributed by atoms with Gasteiger partial charge >= 0.3 is 0 Å². The van der Waals surface area contributed by atoms with E-state index in [1.54, 1.807) is 19.2 Å². The molecule has 25 heavy (non-hydrogen) atoms. The molecule has 0 unspecified atom stereocenters. The van der Waals surface area contributed by atoms with Gasteiger partial charge in [-0.1, -0.05) is 39.0 Å². The van der Waals surface area contributed by atoms with Gasteiger partial charge in [0.05, 0.1) is 12.7 Å². The molecule has 0 aliphatic rings. The molecule has 1 aromatic heterocycles. The van der Waals surface area contributed by atoms with Crippen LogP contribution in [0.3, 0.4) is 0 Å². The average molecular weight is 342 g/mol. The van der Waals surface area contributed by atoms with Gasteiger partial charge in [-0.05, 0) is 24.5 Å². The Labute approximate surface area is 149 Å². The average Bonchev–Trinajstić information content (AvgIpc) is 2.59. The number of rotatable bonds is 6. The normalized spacial score (nSPS) is 12.4. The summed E-state index contributed by atoms with van der Waals surface area (Å²) in [5.41, 5.74) is 1.45. The van der Waals surface area contributed by atoms with Crippen molar-refractivity contribution in [2.75, 3.05) is 7.11 Å². The molecular weight excluding hydrogens is 316 g/mol. The van der Waals surface area contributed by atoms with Crippen LogP contribution in [0.5, 0.6) is 11.6 Å². The van der Waals surface area contributed by atoms with Crippen molar-refractivity contribution in [3.8, 4) is 11.6 Å². The summed E-state index contributed by atoms with van der Waals surface area (Å²) in [6, 6.07) is 11.1. The Kier molecular flexibility index (Phi) is 6.02. The molecule has 2 aromatic rings. The highest BCUT2D eigenvalue weighted by atomic mass is 16.5. The molecule has 0 bridgehead atoms. The van der Waals surface area contributed by atoms with E-state index in [-0.39, 0.29) is 17.4 Å². The van der Waals surface area contributed by atoms with E-state index in [0.717, 1.165) is 11.3 Å². The third-order valence-corrected chi connectivity index (χ3v) is 4.21. The summed E-state index contributed by atoms with van der Waals surface area (Å²) >= 11 is 0. The lowest BCUT2D eigenvalue weighted by Crippen LogP contribution is -2.41. The van der Waals surface area contributed by atoms with Crippen LogP contribution in [0.2, 0.25) is 0 Å². The number of hydrogen-bond acceptors (Lipinski definition) is 4. The second-order valence-electron chi connectivity index (χ2n) is 7.05. The number of methoxy groups -OCH3 is 1. The second kappa shape index (κ2) is 8.01. The molecule has 0 saturated heterocycles. The van der Waals surface area contributed by atoms with Crippen LogP contribution in [-0.4, -0.2) is 24.0 Å². The summed E-state index contributed by atoms with van der Waals surface area (Å²) in [7, 11) is 1.63. The SMILES string of the molecule is COc1ccccc1COc1ccc(C(=O)N[C@H](C)C(C)(C)C)cn1. The van der Waals surface area contributed by atoms with Gasteiger partial charge < -0.3 is 14.8 Å². The fourth-order valence-electron chi connectivity index (χ4n) is 2.07. The highest BCUT2D eigenvalue weighted by Gasteiger charge is 2.22. The van der Waals surface area contributed by atoms with Crippen LogP contribution < -0.4 is 14.8 Å². The third-order valence-electron chi connectivity index (χ3n) is 4.21. The van der Waals surface area contributed by atoms with Crippen LogP contribution in [0.4, 0.5) is 0 Å². The predicted octanol–water partition coefficient (Wildman–Crippen LogP) is 3.83. The summed E-state index contributed by atoms with van der Waals surface area (Å²) in [6.07, 6.45) is 1.53. The fourth-order valence-corrected chi connectivity index (χ4v) is 2.07. The van der Waals surface area contributed by atoms with Crippen LogP contribution in [0.1, 0.15) is 43.6 Å². The fraction of sp³-hybridized carbons (Fsp3) is 0.400. The van der Waals surface area contributed by atoms with Gasteiger partial charge in [-0.25, -0.2) is 4.98 Å². The van der Waals surface area contributed by atoms with Crippen molar-refractivity contribution in [3.05, 3.63) is 53.7 Å². The first-order valence-electron chi connectivity index (χ1n) is 8.33. The molecule has 5 nitrogen and oxygen atoms in total. The first-order chi connectivity index (χ1) is 11.8. The Morgan fingerprint density at radius 3 is 2.52 bits per heavy atom. The van der Waals surface area contributed by atoms with Crippen LogP contribution in [0, 0.1) is 5.41 Å². The molecule has 0 fully saturated rings. The Hall–Kier alpha value is -2.56. The van der Waals surface area contributed by atoms with Crippen molar-refractivity contribution in [3.63, 3.8) is 0 Å². The van der Waals surface area contributed by atoms with Gasteiger partial charge in [-0.15, -0.1) is 0 Å². The molecule has 1 atom stereocenters. The molecule has 0 spiro atoms. The number of nitrogens with one attached hydrogen (secondary N) is 1. The van der Waals surface area contributed by atoms with Gasteiger partial charge in [0.2, 0.25) is 5.88 Å². The van der Waals surface area contributed by atoms with Gasteiger partial charge in [-0.3, -0.25) is 4.79 Å². The zero-order chi connectivity index (χ0) is 18.4. The van der Waals surface area contributed by atoms with Crippen molar-refractivity contribution in [2.45, 2.75) is 40.3 Å². The lowest BCUT2D eigenvalue weighted by Gasteiger charge is -2.28. The van der Waals surface area contributed by atoms with Crippen molar-refractivity contribution in [2.24, 2.45) is 5.41 Å². The van der Waals surface area contributed by atoms with Crippen molar-refractivity contribution >= 4 is 5.91 Å². The molecule has 2 rings (SSSR count).